The highest BCUT2D eigenvalue weighted by Crippen LogP contribution is 2.19. The molecular formula is C24H23N3O4S. The number of pyridine rings is 1. The van der Waals surface area contributed by atoms with Gasteiger partial charge in [0.2, 0.25) is 9.84 Å². The molecule has 32 heavy (non-hydrogen) atoms. The summed E-state index contributed by atoms with van der Waals surface area (Å²) in [6.07, 6.45) is 9.50. The van der Waals surface area contributed by atoms with Gasteiger partial charge in [0, 0.05) is 35.6 Å². The number of imidazole rings is 1. The number of sulfone groups is 1. The zero-order valence-electron chi connectivity index (χ0n) is 17.8. The molecule has 2 heterocycles. The second-order valence-corrected chi connectivity index (χ2v) is 9.28. The van der Waals surface area contributed by atoms with Crippen LogP contribution in [0.1, 0.15) is 29.8 Å². The summed E-state index contributed by atoms with van der Waals surface area (Å²) in [5.74, 6) is -0.421. The van der Waals surface area contributed by atoms with Crippen LogP contribution in [-0.4, -0.2) is 29.5 Å². The van der Waals surface area contributed by atoms with E-state index in [0.717, 1.165) is 11.2 Å². The predicted molar refractivity (Wildman–Crippen MR) is 123 cm³/mol. The third-order valence-electron chi connectivity index (χ3n) is 4.84. The Morgan fingerprint density at radius 3 is 2.53 bits per heavy atom. The number of carbonyl (C=O) groups excluding carboxylic acids is 2. The van der Waals surface area contributed by atoms with Crippen molar-refractivity contribution in [2.24, 2.45) is 0 Å². The third kappa shape index (κ3) is 5.28. The molecule has 7 nitrogen and oxygen atoms in total. The number of hydrogen-bond acceptors (Lipinski definition) is 5. The molecule has 3 rings (SSSR count). The molecule has 3 aromatic rings. The van der Waals surface area contributed by atoms with Crippen LogP contribution in [0, 0.1) is 0 Å². The van der Waals surface area contributed by atoms with Gasteiger partial charge in [-0.1, -0.05) is 30.9 Å². The Bertz CT molecular complexity index is 1350. The zero-order valence-corrected chi connectivity index (χ0v) is 18.6. The Hall–Kier alpha value is -3.78. The van der Waals surface area contributed by atoms with Crippen molar-refractivity contribution in [1.82, 2.24) is 14.7 Å². The summed E-state index contributed by atoms with van der Waals surface area (Å²) < 4.78 is 27.2. The fraction of sp³-hybridized carbons (Fsp3) is 0.125. The number of ketones is 1. The molecule has 0 fully saturated rings. The second-order valence-electron chi connectivity index (χ2n) is 7.16. The molecule has 1 aromatic carbocycles. The van der Waals surface area contributed by atoms with Gasteiger partial charge in [-0.3, -0.25) is 9.59 Å². The molecule has 0 spiro atoms. The number of benzene rings is 1. The van der Waals surface area contributed by atoms with Crippen LogP contribution in [0.15, 0.2) is 95.2 Å². The highest BCUT2D eigenvalue weighted by Gasteiger charge is 2.16. The minimum Gasteiger partial charge on any atom is -0.348 e. The van der Waals surface area contributed by atoms with Crippen LogP contribution in [0.3, 0.4) is 0 Å². The number of aromatic nitrogens is 2. The van der Waals surface area contributed by atoms with Crippen molar-refractivity contribution in [2.75, 3.05) is 0 Å². The minimum absolute atomic E-state index is 0.140. The molecule has 2 aromatic heterocycles. The van der Waals surface area contributed by atoms with Crippen molar-refractivity contribution in [3.63, 3.8) is 0 Å². The van der Waals surface area contributed by atoms with Gasteiger partial charge in [-0.05, 0) is 49.8 Å². The van der Waals surface area contributed by atoms with Gasteiger partial charge in [-0.2, -0.15) is 0 Å². The first-order chi connectivity index (χ1) is 15.2. The van der Waals surface area contributed by atoms with Crippen molar-refractivity contribution in [3.05, 3.63) is 101 Å². The van der Waals surface area contributed by atoms with E-state index in [2.05, 4.69) is 16.9 Å². The van der Waals surface area contributed by atoms with E-state index in [1.54, 1.807) is 47.3 Å². The Morgan fingerprint density at radius 1 is 1.12 bits per heavy atom. The number of nitrogens with zero attached hydrogens (tertiary/aromatic N) is 2. The fourth-order valence-corrected chi connectivity index (χ4v) is 3.94. The average Bonchev–Trinajstić information content (AvgIpc) is 3.25. The number of carbonyl (C=O) groups is 2. The van der Waals surface area contributed by atoms with Gasteiger partial charge in [0.05, 0.1) is 10.5 Å². The van der Waals surface area contributed by atoms with E-state index in [1.165, 1.54) is 44.2 Å². The van der Waals surface area contributed by atoms with E-state index in [9.17, 15) is 18.0 Å². The third-order valence-corrected chi connectivity index (χ3v) is 6.72. The summed E-state index contributed by atoms with van der Waals surface area (Å²) in [7, 11) is -3.66. The topological polar surface area (TPSA) is 97.6 Å². The Morgan fingerprint density at radius 2 is 1.84 bits per heavy atom. The highest BCUT2D eigenvalue weighted by molar-refractivity contribution is 7.95. The second kappa shape index (κ2) is 9.57. The van der Waals surface area contributed by atoms with Crippen molar-refractivity contribution in [1.29, 1.82) is 0 Å². The zero-order chi connectivity index (χ0) is 23.3. The molecule has 0 bridgehead atoms. The molecule has 0 aliphatic rings. The number of allylic oxidation sites excluding steroid dienone is 5. The molecule has 0 aliphatic heterocycles. The summed E-state index contributed by atoms with van der Waals surface area (Å²) >= 11 is 0. The van der Waals surface area contributed by atoms with E-state index in [4.69, 9.17) is 0 Å². The molecule has 0 aliphatic carbocycles. The van der Waals surface area contributed by atoms with Gasteiger partial charge in [0.25, 0.3) is 5.91 Å². The Kier molecular flexibility index (Phi) is 6.85. The molecule has 0 saturated heterocycles. The molecule has 0 radical (unpaired) electrons. The summed E-state index contributed by atoms with van der Waals surface area (Å²) in [6, 6.07) is 9.78. The number of nitrogens with one attached hydrogen (secondary N) is 1. The maximum absolute atomic E-state index is 12.7. The van der Waals surface area contributed by atoms with E-state index in [0.29, 0.717) is 11.1 Å². The molecule has 164 valence electrons. The van der Waals surface area contributed by atoms with Crippen LogP contribution < -0.4 is 5.32 Å². The summed E-state index contributed by atoms with van der Waals surface area (Å²) in [6.45, 7) is 6.73. The van der Waals surface area contributed by atoms with Crippen molar-refractivity contribution >= 4 is 27.2 Å². The lowest BCUT2D eigenvalue weighted by atomic mass is 10.2. The highest BCUT2D eigenvalue weighted by atomic mass is 32.2. The van der Waals surface area contributed by atoms with Crippen LogP contribution in [0.4, 0.5) is 0 Å². The summed E-state index contributed by atoms with van der Waals surface area (Å²) in [4.78, 5) is 28.0. The smallest absolute Gasteiger partial charge is 0.253 e. The molecule has 8 heteroatoms. The van der Waals surface area contributed by atoms with E-state index in [1.807, 2.05) is 0 Å². The first kappa shape index (κ1) is 22.9. The normalized spacial score (nSPS) is 12.2. The van der Waals surface area contributed by atoms with Crippen LogP contribution in [0.2, 0.25) is 0 Å². The van der Waals surface area contributed by atoms with Crippen molar-refractivity contribution in [2.45, 2.75) is 25.3 Å². The summed E-state index contributed by atoms with van der Waals surface area (Å²) in [5.41, 5.74) is 2.31. The number of Topliss-reactive ketones (excluding diaryl/α,β-unsaturated/α-hetero) is 1. The van der Waals surface area contributed by atoms with Gasteiger partial charge in [-0.25, -0.2) is 13.4 Å². The summed E-state index contributed by atoms with van der Waals surface area (Å²) in [5, 5.41) is 2.82. The van der Waals surface area contributed by atoms with E-state index < -0.39 is 9.84 Å². The molecule has 0 saturated carbocycles. The van der Waals surface area contributed by atoms with Gasteiger partial charge < -0.3 is 9.72 Å². The van der Waals surface area contributed by atoms with Crippen molar-refractivity contribution < 1.29 is 18.0 Å². The Labute approximate surface area is 186 Å². The maximum atomic E-state index is 12.7. The monoisotopic (exact) mass is 449 g/mol. The van der Waals surface area contributed by atoms with Crippen LogP contribution in [0.5, 0.6) is 0 Å². The maximum Gasteiger partial charge on any atom is 0.253 e. The minimum atomic E-state index is -3.66. The average molecular weight is 450 g/mol. The first-order valence-electron chi connectivity index (χ1n) is 9.78. The fourth-order valence-electron chi connectivity index (χ4n) is 2.82. The molecule has 1 N–H and O–H groups in total. The largest absolute Gasteiger partial charge is 0.348 e. The number of hydrogen-bond donors (Lipinski definition) is 1. The lowest BCUT2D eigenvalue weighted by molar-refractivity contribution is -0.113. The lowest BCUT2D eigenvalue weighted by Gasteiger charge is -2.08. The molecule has 0 unspecified atom stereocenters. The molecule has 1 amide bonds. The van der Waals surface area contributed by atoms with Gasteiger partial charge in [0.1, 0.15) is 5.65 Å². The quantitative estimate of drug-likeness (QED) is 0.418. The lowest BCUT2D eigenvalue weighted by Crippen LogP contribution is -2.23. The number of fused-ring (bicyclic) bond motifs is 1. The van der Waals surface area contributed by atoms with Crippen LogP contribution in [0.25, 0.3) is 5.65 Å². The van der Waals surface area contributed by atoms with E-state index >= 15 is 0 Å². The predicted octanol–water partition coefficient (Wildman–Crippen LogP) is 3.64. The first-order valence-corrected chi connectivity index (χ1v) is 11.3. The Balaban J connectivity index is 1.65. The molecule has 0 atom stereocenters. The van der Waals surface area contributed by atoms with E-state index in [-0.39, 0.29) is 28.0 Å². The molecular weight excluding hydrogens is 426 g/mol. The van der Waals surface area contributed by atoms with Crippen LogP contribution in [-0.2, 0) is 21.2 Å². The van der Waals surface area contributed by atoms with Crippen molar-refractivity contribution in [3.8, 4) is 0 Å². The van der Waals surface area contributed by atoms with Gasteiger partial charge in [-0.15, -0.1) is 0 Å². The standard InChI is InChI=1S/C24H23N3O4S/c1-17(19(3)28)5-4-6-18(2)32(30,31)22-10-7-20(8-11-22)15-26-24(29)21-9-12-23-25-13-14-27(23)16-21/h4-14,16H,1,15H2,2-3H3,(H,26,29)/b5-4-,18-6+. The number of amides is 1. The van der Waals surface area contributed by atoms with Gasteiger partial charge >= 0.3 is 0 Å². The van der Waals surface area contributed by atoms with Crippen LogP contribution >= 0.6 is 0 Å². The van der Waals surface area contributed by atoms with Gasteiger partial charge in [0.15, 0.2) is 5.78 Å². The number of rotatable bonds is 8. The SMILES string of the molecule is C=C(/C=C\C=C(/C)S(=O)(=O)c1ccc(CNC(=O)c2ccc3nccn3c2)cc1)C(C)=O.